The van der Waals surface area contributed by atoms with Crippen LogP contribution in [0.4, 0.5) is 5.69 Å². The molecule has 0 amide bonds. The second-order valence-electron chi connectivity index (χ2n) is 4.77. The number of unbranched alkanes of at least 4 members (excludes halogenated alkanes) is 2. The first-order chi connectivity index (χ1) is 9.45. The number of benzene rings is 1. The molecule has 0 aromatic heterocycles. The normalized spacial score (nSPS) is 12.0. The first-order valence-electron chi connectivity index (χ1n) is 6.99. The Labute approximate surface area is 127 Å². The molecule has 0 fully saturated rings. The second kappa shape index (κ2) is 7.86. The molecule has 6 heteroatoms. The van der Waals surface area contributed by atoms with Crippen LogP contribution in [-0.2, 0) is 10.0 Å². The molecule has 4 nitrogen and oxygen atoms in total. The van der Waals surface area contributed by atoms with E-state index in [-0.39, 0.29) is 15.6 Å². The monoisotopic (exact) mass is 318 g/mol. The highest BCUT2D eigenvalue weighted by Gasteiger charge is 2.27. The zero-order valence-corrected chi connectivity index (χ0v) is 13.7. The molecule has 0 aliphatic rings. The molecule has 114 valence electrons. The predicted molar refractivity (Wildman–Crippen MR) is 84.4 cm³/mol. The molecular weight excluding hydrogens is 296 g/mol. The van der Waals surface area contributed by atoms with Crippen molar-refractivity contribution in [3.63, 3.8) is 0 Å². The maximum atomic E-state index is 12.7. The van der Waals surface area contributed by atoms with Crippen molar-refractivity contribution in [2.75, 3.05) is 18.8 Å². The summed E-state index contributed by atoms with van der Waals surface area (Å²) in [5.41, 5.74) is 6.02. The van der Waals surface area contributed by atoms with Crippen molar-refractivity contribution in [3.8, 4) is 0 Å². The number of hydrogen-bond donors (Lipinski definition) is 1. The molecule has 0 aliphatic heterocycles. The van der Waals surface area contributed by atoms with E-state index in [2.05, 4.69) is 0 Å². The highest BCUT2D eigenvalue weighted by molar-refractivity contribution is 7.89. The third kappa shape index (κ3) is 4.11. The van der Waals surface area contributed by atoms with Crippen molar-refractivity contribution in [1.82, 2.24) is 4.31 Å². The molecule has 0 heterocycles. The molecule has 0 aliphatic carbocycles. The van der Waals surface area contributed by atoms with Gasteiger partial charge in [-0.15, -0.1) is 0 Å². The van der Waals surface area contributed by atoms with Gasteiger partial charge in [-0.05, 0) is 25.0 Å². The Balaban J connectivity index is 3.14. The lowest BCUT2D eigenvalue weighted by Gasteiger charge is -2.23. The summed E-state index contributed by atoms with van der Waals surface area (Å²) in [4.78, 5) is 0.0360. The van der Waals surface area contributed by atoms with Gasteiger partial charge in [0, 0.05) is 13.1 Å². The van der Waals surface area contributed by atoms with E-state index in [0.717, 1.165) is 25.7 Å². The van der Waals surface area contributed by atoms with Crippen LogP contribution in [0.3, 0.4) is 0 Å². The van der Waals surface area contributed by atoms with Crippen LogP contribution in [-0.4, -0.2) is 25.8 Å². The highest BCUT2D eigenvalue weighted by atomic mass is 35.5. The van der Waals surface area contributed by atoms with Gasteiger partial charge in [0.25, 0.3) is 0 Å². The van der Waals surface area contributed by atoms with E-state index >= 15 is 0 Å². The quantitative estimate of drug-likeness (QED) is 0.746. The van der Waals surface area contributed by atoms with Gasteiger partial charge in [-0.2, -0.15) is 4.31 Å². The van der Waals surface area contributed by atoms with Gasteiger partial charge in [0.2, 0.25) is 10.0 Å². The Morgan fingerprint density at radius 3 is 2.15 bits per heavy atom. The van der Waals surface area contributed by atoms with Crippen molar-refractivity contribution in [3.05, 3.63) is 23.2 Å². The lowest BCUT2D eigenvalue weighted by atomic mass is 10.3. The summed E-state index contributed by atoms with van der Waals surface area (Å²) in [6.07, 6.45) is 3.53. The van der Waals surface area contributed by atoms with E-state index in [1.807, 2.05) is 13.8 Å². The number of nitrogens with zero attached hydrogens (tertiary/aromatic N) is 1. The van der Waals surface area contributed by atoms with Crippen LogP contribution in [0.5, 0.6) is 0 Å². The Morgan fingerprint density at radius 1 is 1.15 bits per heavy atom. The van der Waals surface area contributed by atoms with Crippen LogP contribution in [0, 0.1) is 0 Å². The Morgan fingerprint density at radius 2 is 1.70 bits per heavy atom. The Kier molecular flexibility index (Phi) is 6.79. The average molecular weight is 319 g/mol. The zero-order valence-electron chi connectivity index (χ0n) is 12.1. The lowest BCUT2D eigenvalue weighted by Crippen LogP contribution is -2.33. The molecule has 2 N–H and O–H groups in total. The van der Waals surface area contributed by atoms with Crippen molar-refractivity contribution in [2.24, 2.45) is 0 Å². The largest absolute Gasteiger partial charge is 0.398 e. The summed E-state index contributed by atoms with van der Waals surface area (Å²) in [6, 6.07) is 4.78. The topological polar surface area (TPSA) is 63.4 Å². The minimum Gasteiger partial charge on any atom is -0.398 e. The maximum Gasteiger partial charge on any atom is 0.246 e. The molecule has 0 saturated heterocycles. The number of rotatable bonds is 8. The summed E-state index contributed by atoms with van der Waals surface area (Å²) in [5, 5.41) is 0.183. The van der Waals surface area contributed by atoms with Crippen LogP contribution in [0.25, 0.3) is 0 Å². The van der Waals surface area contributed by atoms with Gasteiger partial charge in [0.15, 0.2) is 0 Å². The Hall–Kier alpha value is -0.780. The number of nitrogen functional groups attached to an aromatic ring is 1. The fourth-order valence-electron chi connectivity index (χ4n) is 1.95. The molecule has 0 unspecified atom stereocenters. The molecule has 1 rings (SSSR count). The van der Waals surface area contributed by atoms with Gasteiger partial charge in [-0.25, -0.2) is 8.42 Å². The molecule has 20 heavy (non-hydrogen) atoms. The van der Waals surface area contributed by atoms with E-state index < -0.39 is 10.0 Å². The van der Waals surface area contributed by atoms with E-state index in [9.17, 15) is 8.42 Å². The van der Waals surface area contributed by atoms with E-state index in [1.54, 1.807) is 18.2 Å². The van der Waals surface area contributed by atoms with Crippen molar-refractivity contribution < 1.29 is 8.42 Å². The van der Waals surface area contributed by atoms with Crippen molar-refractivity contribution in [2.45, 2.75) is 44.4 Å². The highest BCUT2D eigenvalue weighted by Crippen LogP contribution is 2.30. The number of nitrogens with two attached hydrogens (primary N) is 1. The third-order valence-corrected chi connectivity index (χ3v) is 5.56. The van der Waals surface area contributed by atoms with Crippen LogP contribution in [0.1, 0.15) is 39.5 Å². The van der Waals surface area contributed by atoms with Gasteiger partial charge in [0.05, 0.1) is 10.7 Å². The molecule has 0 radical (unpaired) electrons. The predicted octanol–water partition coefficient (Wildman–Crippen LogP) is 3.51. The van der Waals surface area contributed by atoms with E-state index in [1.165, 1.54) is 4.31 Å². The smallest absolute Gasteiger partial charge is 0.246 e. The summed E-state index contributed by atoms with van der Waals surface area (Å²) in [5.74, 6) is 0. The van der Waals surface area contributed by atoms with Crippen LogP contribution in [0.15, 0.2) is 23.1 Å². The van der Waals surface area contributed by atoms with Crippen molar-refractivity contribution in [1.29, 1.82) is 0 Å². The third-order valence-electron chi connectivity index (χ3n) is 3.12. The standard InChI is InChI=1S/C14H23ClN2O2S/c1-3-5-10-17(11-6-4-2)20(18,19)14-12(15)8-7-9-13(14)16/h7-9H,3-6,10-11,16H2,1-2H3. The first kappa shape index (κ1) is 17.3. The average Bonchev–Trinajstić information content (AvgIpc) is 2.38. The fourth-order valence-corrected chi connectivity index (χ4v) is 4.10. The molecule has 0 saturated carbocycles. The Bertz CT molecular complexity index is 504. The van der Waals surface area contributed by atoms with Crippen molar-refractivity contribution >= 4 is 27.3 Å². The number of halogens is 1. The van der Waals surface area contributed by atoms with Crippen LogP contribution < -0.4 is 5.73 Å². The van der Waals surface area contributed by atoms with Gasteiger partial charge in [-0.1, -0.05) is 44.4 Å². The molecule has 0 atom stereocenters. The molecule has 1 aromatic rings. The molecule has 0 spiro atoms. The van der Waals surface area contributed by atoms with Gasteiger partial charge in [-0.3, -0.25) is 0 Å². The van der Waals surface area contributed by atoms with Crippen LogP contribution in [0.2, 0.25) is 5.02 Å². The summed E-state index contributed by atoms with van der Waals surface area (Å²) in [7, 11) is -3.63. The first-order valence-corrected chi connectivity index (χ1v) is 8.81. The maximum absolute atomic E-state index is 12.7. The van der Waals surface area contributed by atoms with Gasteiger partial charge < -0.3 is 5.73 Å². The lowest BCUT2D eigenvalue weighted by molar-refractivity contribution is 0.395. The summed E-state index contributed by atoms with van der Waals surface area (Å²) in [6.45, 7) is 5.08. The summed E-state index contributed by atoms with van der Waals surface area (Å²) >= 11 is 6.04. The number of anilines is 1. The van der Waals surface area contributed by atoms with Gasteiger partial charge in [0.1, 0.15) is 4.90 Å². The van der Waals surface area contributed by atoms with Crippen LogP contribution >= 0.6 is 11.6 Å². The fraction of sp³-hybridized carbons (Fsp3) is 0.571. The SMILES string of the molecule is CCCCN(CCCC)S(=O)(=O)c1c(N)cccc1Cl. The molecule has 1 aromatic carbocycles. The molecular formula is C14H23ClN2O2S. The summed E-state index contributed by atoms with van der Waals surface area (Å²) < 4.78 is 27.0. The minimum absolute atomic E-state index is 0.0360. The van der Waals surface area contributed by atoms with E-state index in [0.29, 0.717) is 13.1 Å². The zero-order chi connectivity index (χ0) is 15.2. The number of hydrogen-bond acceptors (Lipinski definition) is 3. The van der Waals surface area contributed by atoms with Gasteiger partial charge >= 0.3 is 0 Å². The number of sulfonamides is 1. The molecule has 0 bridgehead atoms. The minimum atomic E-state index is -3.63. The van der Waals surface area contributed by atoms with E-state index in [4.69, 9.17) is 17.3 Å². The second-order valence-corrected chi connectivity index (χ2v) is 7.05.